The van der Waals surface area contributed by atoms with Gasteiger partial charge in [0.05, 0.1) is 0 Å². The summed E-state index contributed by atoms with van der Waals surface area (Å²) >= 11 is 0. The zero-order valence-corrected chi connectivity index (χ0v) is 11.3. The Morgan fingerprint density at radius 1 is 1.22 bits per heavy atom. The average molecular weight is 241 g/mol. The van der Waals surface area contributed by atoms with Crippen molar-refractivity contribution < 1.29 is 0 Å². The second-order valence-electron chi connectivity index (χ2n) is 5.51. The second kappa shape index (κ2) is 5.43. The third kappa shape index (κ3) is 3.04. The van der Waals surface area contributed by atoms with Gasteiger partial charge in [0.2, 0.25) is 0 Å². The van der Waals surface area contributed by atoms with E-state index in [1.54, 1.807) is 0 Å². The lowest BCUT2D eigenvalue weighted by atomic mass is 9.77. The molecule has 2 aliphatic carbocycles. The standard InChI is InChI=1S/C17H23N/c1-14-6-3-8-15(9-4-7-14)17(2)12-5-10-16(18)11-13-17/h5,8,10-13H,1,3-4,6-7,9,18H2,2H3/b15-8-. The molecule has 0 saturated heterocycles. The summed E-state index contributed by atoms with van der Waals surface area (Å²) in [4.78, 5) is 0. The molecular weight excluding hydrogens is 218 g/mol. The van der Waals surface area contributed by atoms with E-state index in [2.05, 4.69) is 37.8 Å². The Hall–Kier alpha value is -1.50. The highest BCUT2D eigenvalue weighted by atomic mass is 14.6. The van der Waals surface area contributed by atoms with Gasteiger partial charge in [-0.1, -0.05) is 42.0 Å². The van der Waals surface area contributed by atoms with E-state index in [-0.39, 0.29) is 5.41 Å². The van der Waals surface area contributed by atoms with Crippen LogP contribution in [0.3, 0.4) is 0 Å². The van der Waals surface area contributed by atoms with E-state index in [1.165, 1.54) is 24.0 Å². The molecule has 2 rings (SSSR count). The highest BCUT2D eigenvalue weighted by Gasteiger charge is 2.23. The minimum Gasteiger partial charge on any atom is -0.399 e. The third-order valence-corrected chi connectivity index (χ3v) is 3.91. The van der Waals surface area contributed by atoms with Gasteiger partial charge in [-0.2, -0.15) is 0 Å². The van der Waals surface area contributed by atoms with Gasteiger partial charge in [0.25, 0.3) is 0 Å². The molecule has 0 aliphatic heterocycles. The molecule has 0 aromatic heterocycles. The van der Waals surface area contributed by atoms with Gasteiger partial charge in [-0.15, -0.1) is 0 Å². The number of hydrogen-bond donors (Lipinski definition) is 1. The fraction of sp³-hybridized carbons (Fsp3) is 0.412. The zero-order valence-electron chi connectivity index (χ0n) is 11.3. The molecule has 0 saturated carbocycles. The molecule has 0 fully saturated rings. The van der Waals surface area contributed by atoms with Crippen LogP contribution in [0.1, 0.15) is 39.0 Å². The molecule has 1 nitrogen and oxygen atoms in total. The Morgan fingerprint density at radius 2 is 2.06 bits per heavy atom. The maximum atomic E-state index is 5.85. The lowest BCUT2D eigenvalue weighted by molar-refractivity contribution is 0.590. The summed E-state index contributed by atoms with van der Waals surface area (Å²) in [6, 6.07) is 0. The summed E-state index contributed by atoms with van der Waals surface area (Å²) < 4.78 is 0. The summed E-state index contributed by atoms with van der Waals surface area (Å²) in [6.45, 7) is 6.39. The molecule has 0 amide bonds. The van der Waals surface area contributed by atoms with Crippen LogP contribution in [0.5, 0.6) is 0 Å². The monoisotopic (exact) mass is 241 g/mol. The Morgan fingerprint density at radius 3 is 2.89 bits per heavy atom. The Balaban J connectivity index is 2.21. The lowest BCUT2D eigenvalue weighted by Gasteiger charge is -2.27. The van der Waals surface area contributed by atoms with Crippen LogP contribution in [0.15, 0.2) is 59.9 Å². The van der Waals surface area contributed by atoms with Crippen molar-refractivity contribution in [2.24, 2.45) is 11.1 Å². The fourth-order valence-electron chi connectivity index (χ4n) is 2.65. The van der Waals surface area contributed by atoms with Crippen LogP contribution >= 0.6 is 0 Å². The molecule has 96 valence electrons. The summed E-state index contributed by atoms with van der Waals surface area (Å²) in [7, 11) is 0. The zero-order chi connectivity index (χ0) is 13.0. The minimum atomic E-state index is 0.0241. The van der Waals surface area contributed by atoms with Crippen molar-refractivity contribution in [3.05, 3.63) is 59.9 Å². The maximum absolute atomic E-state index is 5.85. The molecule has 2 aliphatic rings. The molecule has 0 bridgehead atoms. The number of rotatable bonds is 1. The summed E-state index contributed by atoms with van der Waals surface area (Å²) in [5.74, 6) is 0. The molecular formula is C17H23N. The van der Waals surface area contributed by atoms with Gasteiger partial charge in [0.1, 0.15) is 0 Å². The topological polar surface area (TPSA) is 26.0 Å². The van der Waals surface area contributed by atoms with E-state index in [1.807, 2.05) is 12.2 Å². The number of allylic oxidation sites excluding steroid dienone is 8. The minimum absolute atomic E-state index is 0.0241. The van der Waals surface area contributed by atoms with Crippen molar-refractivity contribution in [1.29, 1.82) is 0 Å². The first-order valence-electron chi connectivity index (χ1n) is 6.80. The van der Waals surface area contributed by atoms with Crippen LogP contribution in [0.4, 0.5) is 0 Å². The van der Waals surface area contributed by atoms with E-state index in [0.29, 0.717) is 0 Å². The molecule has 0 spiro atoms. The predicted octanol–water partition coefficient (Wildman–Crippen LogP) is 4.41. The normalized spacial score (nSPS) is 31.9. The van der Waals surface area contributed by atoms with Crippen molar-refractivity contribution in [2.75, 3.05) is 0 Å². The molecule has 1 atom stereocenters. The van der Waals surface area contributed by atoms with Crippen LogP contribution in [-0.2, 0) is 0 Å². The third-order valence-electron chi connectivity index (χ3n) is 3.91. The summed E-state index contributed by atoms with van der Waals surface area (Å²) in [5, 5.41) is 0. The quantitative estimate of drug-likeness (QED) is 0.676. The first-order chi connectivity index (χ1) is 8.60. The molecule has 0 aromatic rings. The van der Waals surface area contributed by atoms with Gasteiger partial charge in [-0.05, 0) is 51.2 Å². The van der Waals surface area contributed by atoms with Gasteiger partial charge >= 0.3 is 0 Å². The highest BCUT2D eigenvalue weighted by Crippen LogP contribution is 2.37. The van der Waals surface area contributed by atoms with Crippen molar-refractivity contribution in [1.82, 2.24) is 0 Å². The molecule has 0 aromatic carbocycles. The first kappa shape index (κ1) is 12.9. The highest BCUT2D eigenvalue weighted by molar-refractivity contribution is 5.37. The van der Waals surface area contributed by atoms with E-state index in [4.69, 9.17) is 5.73 Å². The van der Waals surface area contributed by atoms with E-state index in [9.17, 15) is 0 Å². The molecule has 0 heterocycles. The van der Waals surface area contributed by atoms with Crippen molar-refractivity contribution in [3.8, 4) is 0 Å². The lowest BCUT2D eigenvalue weighted by Crippen LogP contribution is -2.14. The van der Waals surface area contributed by atoms with E-state index < -0.39 is 0 Å². The largest absolute Gasteiger partial charge is 0.399 e. The van der Waals surface area contributed by atoms with Crippen molar-refractivity contribution >= 4 is 0 Å². The molecule has 1 unspecified atom stereocenters. The Kier molecular flexibility index (Phi) is 3.90. The first-order valence-corrected chi connectivity index (χ1v) is 6.80. The van der Waals surface area contributed by atoms with Crippen LogP contribution in [-0.4, -0.2) is 0 Å². The van der Waals surface area contributed by atoms with Gasteiger partial charge in [-0.25, -0.2) is 0 Å². The van der Waals surface area contributed by atoms with Crippen LogP contribution in [0, 0.1) is 5.41 Å². The van der Waals surface area contributed by atoms with Gasteiger partial charge < -0.3 is 5.73 Å². The molecule has 1 heteroatoms. The van der Waals surface area contributed by atoms with Gasteiger partial charge in [-0.3, -0.25) is 0 Å². The van der Waals surface area contributed by atoms with Gasteiger partial charge in [0.15, 0.2) is 0 Å². The van der Waals surface area contributed by atoms with Crippen LogP contribution < -0.4 is 5.73 Å². The summed E-state index contributed by atoms with van der Waals surface area (Å²) in [6.07, 6.45) is 18.7. The van der Waals surface area contributed by atoms with E-state index in [0.717, 1.165) is 25.0 Å². The SMILES string of the molecule is C=C1CC/C=C(\C2(C)C=CC=C(N)C=C2)CCC1. The van der Waals surface area contributed by atoms with Crippen LogP contribution in [0.2, 0.25) is 0 Å². The molecule has 2 N–H and O–H groups in total. The predicted molar refractivity (Wildman–Crippen MR) is 79.0 cm³/mol. The Labute approximate surface area is 110 Å². The average Bonchev–Trinajstić information content (AvgIpc) is 2.47. The van der Waals surface area contributed by atoms with Gasteiger partial charge in [0, 0.05) is 11.1 Å². The molecule has 0 radical (unpaired) electrons. The summed E-state index contributed by atoms with van der Waals surface area (Å²) in [5.41, 5.74) is 9.62. The number of nitrogens with two attached hydrogens (primary N) is 1. The number of hydrogen-bond acceptors (Lipinski definition) is 1. The molecule has 18 heavy (non-hydrogen) atoms. The maximum Gasteiger partial charge on any atom is 0.0311 e. The smallest absolute Gasteiger partial charge is 0.0311 e. The van der Waals surface area contributed by atoms with Crippen molar-refractivity contribution in [3.63, 3.8) is 0 Å². The fourth-order valence-corrected chi connectivity index (χ4v) is 2.65. The van der Waals surface area contributed by atoms with Crippen LogP contribution in [0.25, 0.3) is 0 Å². The van der Waals surface area contributed by atoms with Crippen molar-refractivity contribution in [2.45, 2.75) is 39.0 Å². The second-order valence-corrected chi connectivity index (χ2v) is 5.51. The Bertz CT molecular complexity index is 448. The van der Waals surface area contributed by atoms with E-state index >= 15 is 0 Å².